The highest BCUT2D eigenvalue weighted by atomic mass is 79.9. The van der Waals surface area contributed by atoms with Crippen LogP contribution in [0.4, 0.5) is 0 Å². The summed E-state index contributed by atoms with van der Waals surface area (Å²) < 4.78 is 0.838. The van der Waals surface area contributed by atoms with Gasteiger partial charge in [0.05, 0.1) is 10.6 Å². The van der Waals surface area contributed by atoms with Crippen LogP contribution in [0.5, 0.6) is 0 Å². The Kier molecular flexibility index (Phi) is 5.28. The lowest BCUT2D eigenvalue weighted by Gasteiger charge is -2.21. The summed E-state index contributed by atoms with van der Waals surface area (Å²) in [6.07, 6.45) is 0. The van der Waals surface area contributed by atoms with Gasteiger partial charge in [0.1, 0.15) is 0 Å². The highest BCUT2D eigenvalue weighted by Gasteiger charge is 2.18. The molecule has 0 aromatic heterocycles. The first-order valence-corrected chi connectivity index (χ1v) is 6.84. The standard InChI is InChI=1S/C13H17BrN2OS/c1-8-5-4-6-10(11(8)14)13(17)16(3)7-9(2)12(15)18/h4-6,9H,7H2,1-3H3,(H2,15,18). The van der Waals surface area contributed by atoms with Crippen LogP contribution in [-0.4, -0.2) is 29.4 Å². The molecule has 18 heavy (non-hydrogen) atoms. The Labute approximate surface area is 121 Å². The summed E-state index contributed by atoms with van der Waals surface area (Å²) in [5.41, 5.74) is 7.26. The van der Waals surface area contributed by atoms with Crippen molar-refractivity contribution in [2.24, 2.45) is 11.7 Å². The number of rotatable bonds is 4. The van der Waals surface area contributed by atoms with E-state index in [4.69, 9.17) is 18.0 Å². The maximum Gasteiger partial charge on any atom is 0.254 e. The fourth-order valence-corrected chi connectivity index (χ4v) is 2.11. The summed E-state index contributed by atoms with van der Waals surface area (Å²) in [6.45, 7) is 4.39. The molecule has 5 heteroatoms. The normalized spacial score (nSPS) is 12.0. The Morgan fingerprint density at radius 1 is 1.56 bits per heavy atom. The average molecular weight is 329 g/mol. The second kappa shape index (κ2) is 6.29. The molecule has 0 saturated carbocycles. The van der Waals surface area contributed by atoms with Crippen LogP contribution in [0.1, 0.15) is 22.8 Å². The van der Waals surface area contributed by atoms with Crippen molar-refractivity contribution >= 4 is 39.0 Å². The molecule has 98 valence electrons. The number of benzene rings is 1. The van der Waals surface area contributed by atoms with Crippen LogP contribution in [0, 0.1) is 12.8 Å². The summed E-state index contributed by atoms with van der Waals surface area (Å²) >= 11 is 8.36. The van der Waals surface area contributed by atoms with Gasteiger partial charge in [0.15, 0.2) is 0 Å². The highest BCUT2D eigenvalue weighted by molar-refractivity contribution is 9.10. The molecule has 1 atom stereocenters. The van der Waals surface area contributed by atoms with Crippen molar-refractivity contribution < 1.29 is 4.79 Å². The van der Waals surface area contributed by atoms with Crippen LogP contribution in [0.15, 0.2) is 22.7 Å². The van der Waals surface area contributed by atoms with Crippen molar-refractivity contribution in [2.75, 3.05) is 13.6 Å². The maximum atomic E-state index is 12.3. The number of hydrogen-bond acceptors (Lipinski definition) is 2. The molecular formula is C13H17BrN2OS. The second-order valence-corrected chi connectivity index (χ2v) is 5.69. The molecule has 0 fully saturated rings. The lowest BCUT2D eigenvalue weighted by molar-refractivity contribution is 0.0786. The zero-order valence-electron chi connectivity index (χ0n) is 10.7. The van der Waals surface area contributed by atoms with Gasteiger partial charge in [0, 0.05) is 24.0 Å². The summed E-state index contributed by atoms with van der Waals surface area (Å²) in [4.78, 5) is 14.4. The first-order valence-electron chi connectivity index (χ1n) is 5.64. The third-order valence-electron chi connectivity index (χ3n) is 2.80. The molecule has 0 aliphatic rings. The number of carbonyl (C=O) groups excluding carboxylic acids is 1. The van der Waals surface area contributed by atoms with E-state index in [0.29, 0.717) is 17.1 Å². The van der Waals surface area contributed by atoms with E-state index in [1.165, 1.54) is 0 Å². The number of nitrogens with two attached hydrogens (primary N) is 1. The number of nitrogens with zero attached hydrogens (tertiary/aromatic N) is 1. The number of halogens is 1. The minimum atomic E-state index is -0.0336. The van der Waals surface area contributed by atoms with E-state index in [1.807, 2.05) is 26.0 Å². The van der Waals surface area contributed by atoms with E-state index in [2.05, 4.69) is 15.9 Å². The van der Waals surface area contributed by atoms with Crippen LogP contribution in [-0.2, 0) is 0 Å². The Bertz CT molecular complexity index is 476. The SMILES string of the molecule is Cc1cccc(C(=O)N(C)CC(C)C(N)=S)c1Br. The van der Waals surface area contributed by atoms with Crippen LogP contribution in [0.3, 0.4) is 0 Å². The minimum Gasteiger partial charge on any atom is -0.393 e. The van der Waals surface area contributed by atoms with E-state index in [9.17, 15) is 4.79 Å². The molecule has 0 aliphatic heterocycles. The van der Waals surface area contributed by atoms with Crippen molar-refractivity contribution in [1.82, 2.24) is 4.90 Å². The molecule has 0 bridgehead atoms. The Balaban J connectivity index is 2.87. The molecule has 0 saturated heterocycles. The number of hydrogen-bond donors (Lipinski definition) is 1. The zero-order chi connectivity index (χ0) is 13.9. The van der Waals surface area contributed by atoms with Gasteiger partial charge < -0.3 is 10.6 Å². The van der Waals surface area contributed by atoms with Crippen molar-refractivity contribution in [3.05, 3.63) is 33.8 Å². The predicted octanol–water partition coefficient (Wildman–Crippen LogP) is 2.75. The van der Waals surface area contributed by atoms with E-state index in [1.54, 1.807) is 18.0 Å². The molecule has 1 rings (SSSR count). The summed E-state index contributed by atoms with van der Waals surface area (Å²) in [7, 11) is 1.76. The van der Waals surface area contributed by atoms with E-state index >= 15 is 0 Å². The van der Waals surface area contributed by atoms with Crippen LogP contribution in [0.2, 0.25) is 0 Å². The predicted molar refractivity (Wildman–Crippen MR) is 81.8 cm³/mol. The van der Waals surface area contributed by atoms with Crippen molar-refractivity contribution in [1.29, 1.82) is 0 Å². The molecular weight excluding hydrogens is 312 g/mol. The van der Waals surface area contributed by atoms with Gasteiger partial charge >= 0.3 is 0 Å². The van der Waals surface area contributed by atoms with Gasteiger partial charge in [-0.2, -0.15) is 0 Å². The van der Waals surface area contributed by atoms with Gasteiger partial charge in [0.25, 0.3) is 5.91 Å². The molecule has 1 aromatic rings. The number of aryl methyl sites for hydroxylation is 1. The molecule has 0 aliphatic carbocycles. The molecule has 3 nitrogen and oxygen atoms in total. The fourth-order valence-electron chi connectivity index (χ4n) is 1.60. The summed E-state index contributed by atoms with van der Waals surface area (Å²) in [5, 5.41) is 0. The molecule has 1 aromatic carbocycles. The molecule has 0 heterocycles. The van der Waals surface area contributed by atoms with Gasteiger partial charge in [0.2, 0.25) is 0 Å². The van der Waals surface area contributed by atoms with Crippen LogP contribution in [0.25, 0.3) is 0 Å². The average Bonchev–Trinajstić information content (AvgIpc) is 2.31. The van der Waals surface area contributed by atoms with Gasteiger partial charge in [-0.1, -0.05) is 31.3 Å². The third-order valence-corrected chi connectivity index (χ3v) is 4.26. The van der Waals surface area contributed by atoms with E-state index in [-0.39, 0.29) is 11.8 Å². The highest BCUT2D eigenvalue weighted by Crippen LogP contribution is 2.22. The minimum absolute atomic E-state index is 0.0116. The van der Waals surface area contributed by atoms with Gasteiger partial charge in [-0.3, -0.25) is 4.79 Å². The topological polar surface area (TPSA) is 46.3 Å². The first kappa shape index (κ1) is 15.1. The molecule has 0 radical (unpaired) electrons. The third kappa shape index (κ3) is 3.53. The second-order valence-electron chi connectivity index (χ2n) is 4.43. The molecule has 2 N–H and O–H groups in total. The molecule has 0 spiro atoms. The fraction of sp³-hybridized carbons (Fsp3) is 0.385. The van der Waals surface area contributed by atoms with Crippen molar-refractivity contribution in [3.8, 4) is 0 Å². The number of carbonyl (C=O) groups is 1. The van der Waals surface area contributed by atoms with Crippen molar-refractivity contribution in [3.63, 3.8) is 0 Å². The zero-order valence-corrected chi connectivity index (χ0v) is 13.1. The lowest BCUT2D eigenvalue weighted by atomic mass is 10.1. The summed E-state index contributed by atoms with van der Waals surface area (Å²) in [6, 6.07) is 5.64. The quantitative estimate of drug-likeness (QED) is 0.864. The maximum absolute atomic E-state index is 12.3. The monoisotopic (exact) mass is 328 g/mol. The first-order chi connectivity index (χ1) is 8.34. The number of amides is 1. The molecule has 1 amide bonds. The Hall–Kier alpha value is -0.940. The smallest absolute Gasteiger partial charge is 0.254 e. The lowest BCUT2D eigenvalue weighted by Crippen LogP contribution is -2.35. The number of thiocarbonyl (C=S) groups is 1. The van der Waals surface area contributed by atoms with Crippen LogP contribution >= 0.6 is 28.1 Å². The van der Waals surface area contributed by atoms with Crippen LogP contribution < -0.4 is 5.73 Å². The van der Waals surface area contributed by atoms with Gasteiger partial charge in [-0.15, -0.1) is 0 Å². The largest absolute Gasteiger partial charge is 0.393 e. The van der Waals surface area contributed by atoms with Gasteiger partial charge in [-0.05, 0) is 34.5 Å². The molecule has 1 unspecified atom stereocenters. The van der Waals surface area contributed by atoms with E-state index < -0.39 is 0 Å². The Morgan fingerprint density at radius 3 is 2.72 bits per heavy atom. The Morgan fingerprint density at radius 2 is 2.17 bits per heavy atom. The van der Waals surface area contributed by atoms with Gasteiger partial charge in [-0.25, -0.2) is 0 Å². The van der Waals surface area contributed by atoms with Crippen molar-refractivity contribution in [2.45, 2.75) is 13.8 Å². The summed E-state index contributed by atoms with van der Waals surface area (Å²) in [5.74, 6) is -0.0220. The van der Waals surface area contributed by atoms with E-state index in [0.717, 1.165) is 10.0 Å².